The summed E-state index contributed by atoms with van der Waals surface area (Å²) in [7, 11) is -0.483. The quantitative estimate of drug-likeness (QED) is 0.746. The maximum Gasteiger partial charge on any atom is 0.242 e. The van der Waals surface area contributed by atoms with E-state index < -0.39 is 15.6 Å². The molecule has 1 aliphatic heterocycles. The number of nitrogens with one attached hydrogen (secondary N) is 1. The normalized spacial score (nSPS) is 21.0. The Hall–Kier alpha value is -2.71. The van der Waals surface area contributed by atoms with Gasteiger partial charge in [-0.15, -0.1) is 0 Å². The van der Waals surface area contributed by atoms with Gasteiger partial charge in [-0.3, -0.25) is 14.5 Å². The van der Waals surface area contributed by atoms with Crippen LogP contribution in [0.3, 0.4) is 0 Å². The molecule has 1 atom stereocenters. The van der Waals surface area contributed by atoms with E-state index in [1.807, 2.05) is 25.1 Å². The number of hydrogen-bond donors (Lipinski definition) is 1. The van der Waals surface area contributed by atoms with Gasteiger partial charge in [0.2, 0.25) is 15.9 Å². The molecule has 2 aromatic rings. The smallest absolute Gasteiger partial charge is 0.242 e. The number of benzene rings is 2. The van der Waals surface area contributed by atoms with Crippen molar-refractivity contribution in [2.75, 3.05) is 30.9 Å². The lowest BCUT2D eigenvalue weighted by atomic mass is 9.73. The van der Waals surface area contributed by atoms with Gasteiger partial charge in [-0.1, -0.05) is 24.6 Å². The van der Waals surface area contributed by atoms with E-state index in [-0.39, 0.29) is 22.5 Å². The van der Waals surface area contributed by atoms with Crippen molar-refractivity contribution in [3.63, 3.8) is 0 Å². The maximum atomic E-state index is 13.2. The molecule has 0 aromatic heterocycles. The van der Waals surface area contributed by atoms with Crippen molar-refractivity contribution in [1.29, 1.82) is 0 Å². The Morgan fingerprint density at radius 3 is 2.22 bits per heavy atom. The van der Waals surface area contributed by atoms with E-state index in [2.05, 4.69) is 5.32 Å². The number of sulfonamides is 1. The highest BCUT2D eigenvalue weighted by atomic mass is 32.2. The number of fused-ring (bicyclic) bond motifs is 1. The molecular formula is C24H29N3O4S. The first-order valence-electron chi connectivity index (χ1n) is 10.8. The SMILES string of the molecule is CC(=O)N1c2ccc(-c3ccc(S(=O)(=O)N(C)C)cc3)cc2NC[C@@]1(C)C(=O)C1CCC1. The molecule has 0 unspecified atom stereocenters. The highest BCUT2D eigenvalue weighted by Crippen LogP contribution is 2.42. The Morgan fingerprint density at radius 2 is 1.69 bits per heavy atom. The van der Waals surface area contributed by atoms with E-state index in [9.17, 15) is 18.0 Å². The van der Waals surface area contributed by atoms with Gasteiger partial charge in [0.05, 0.1) is 16.3 Å². The second-order valence-corrected chi connectivity index (χ2v) is 11.2. The van der Waals surface area contributed by atoms with Crippen LogP contribution in [0.1, 0.15) is 33.1 Å². The van der Waals surface area contributed by atoms with Crippen LogP contribution in [0.2, 0.25) is 0 Å². The molecule has 0 bridgehead atoms. The van der Waals surface area contributed by atoms with Crippen molar-refractivity contribution in [2.24, 2.45) is 5.92 Å². The van der Waals surface area contributed by atoms with Gasteiger partial charge in [0, 0.05) is 33.5 Å². The largest absolute Gasteiger partial charge is 0.381 e. The van der Waals surface area contributed by atoms with E-state index in [1.54, 1.807) is 29.2 Å². The van der Waals surface area contributed by atoms with Gasteiger partial charge in [0.15, 0.2) is 5.78 Å². The Balaban J connectivity index is 1.67. The summed E-state index contributed by atoms with van der Waals surface area (Å²) >= 11 is 0. The molecule has 8 heteroatoms. The fourth-order valence-electron chi connectivity index (χ4n) is 4.52. The van der Waals surface area contributed by atoms with Crippen LogP contribution in [-0.2, 0) is 19.6 Å². The van der Waals surface area contributed by atoms with Crippen LogP contribution in [0.4, 0.5) is 11.4 Å². The van der Waals surface area contributed by atoms with Gasteiger partial charge in [-0.25, -0.2) is 12.7 Å². The fourth-order valence-corrected chi connectivity index (χ4v) is 5.42. The number of amides is 1. The first kappa shape index (κ1) is 22.5. The molecule has 0 radical (unpaired) electrons. The van der Waals surface area contributed by atoms with Crippen LogP contribution in [0.25, 0.3) is 11.1 Å². The van der Waals surface area contributed by atoms with Crippen molar-refractivity contribution in [1.82, 2.24) is 4.31 Å². The number of Topliss-reactive ketones (excluding diaryl/α,β-unsaturated/α-hetero) is 1. The zero-order valence-corrected chi connectivity index (χ0v) is 19.7. The van der Waals surface area contributed by atoms with Gasteiger partial charge < -0.3 is 5.32 Å². The summed E-state index contributed by atoms with van der Waals surface area (Å²) in [6.07, 6.45) is 2.85. The van der Waals surface area contributed by atoms with E-state index in [0.29, 0.717) is 12.2 Å². The zero-order chi connectivity index (χ0) is 23.3. The Labute approximate surface area is 189 Å². The lowest BCUT2D eigenvalue weighted by Gasteiger charge is -2.47. The summed E-state index contributed by atoms with van der Waals surface area (Å²) in [5.74, 6) is -0.00535. The van der Waals surface area contributed by atoms with E-state index >= 15 is 0 Å². The lowest BCUT2D eigenvalue weighted by Crippen LogP contribution is -2.63. The van der Waals surface area contributed by atoms with Crippen LogP contribution in [0.5, 0.6) is 0 Å². The highest BCUT2D eigenvalue weighted by Gasteiger charge is 2.48. The van der Waals surface area contributed by atoms with Gasteiger partial charge in [0.1, 0.15) is 5.54 Å². The molecule has 0 spiro atoms. The standard InChI is InChI=1S/C24H29N3O4S/c1-16(28)27-22-13-10-19(17-8-11-20(12-9-17)32(30,31)26(3)4)14-21(22)25-15-24(27,2)23(29)18-6-5-7-18/h8-14,18,25H,5-7,15H2,1-4H3/t24-/m0/s1. The zero-order valence-electron chi connectivity index (χ0n) is 18.9. The molecular weight excluding hydrogens is 426 g/mol. The third-order valence-corrected chi connectivity index (χ3v) is 8.47. The molecule has 1 amide bonds. The van der Waals surface area contributed by atoms with Crippen molar-refractivity contribution >= 4 is 33.1 Å². The molecule has 7 nitrogen and oxygen atoms in total. The molecule has 32 heavy (non-hydrogen) atoms. The van der Waals surface area contributed by atoms with Crippen molar-refractivity contribution in [3.05, 3.63) is 42.5 Å². The van der Waals surface area contributed by atoms with Crippen LogP contribution < -0.4 is 10.2 Å². The molecule has 1 aliphatic carbocycles. The van der Waals surface area contributed by atoms with E-state index in [1.165, 1.54) is 25.3 Å². The monoisotopic (exact) mass is 455 g/mol. The lowest BCUT2D eigenvalue weighted by molar-refractivity contribution is -0.132. The minimum Gasteiger partial charge on any atom is -0.381 e. The summed E-state index contributed by atoms with van der Waals surface area (Å²) < 4.78 is 25.8. The van der Waals surface area contributed by atoms with Gasteiger partial charge in [-0.05, 0) is 55.2 Å². The van der Waals surface area contributed by atoms with Crippen LogP contribution in [0.15, 0.2) is 47.4 Å². The Kier molecular flexibility index (Phi) is 5.63. The van der Waals surface area contributed by atoms with Crippen molar-refractivity contribution in [3.8, 4) is 11.1 Å². The predicted octanol–water partition coefficient (Wildman–Crippen LogP) is 3.51. The minimum atomic E-state index is -3.49. The number of carbonyl (C=O) groups is 2. The number of hydrogen-bond acceptors (Lipinski definition) is 5. The molecule has 170 valence electrons. The third-order valence-electron chi connectivity index (χ3n) is 6.64. The molecule has 2 aromatic carbocycles. The Morgan fingerprint density at radius 1 is 1.06 bits per heavy atom. The highest BCUT2D eigenvalue weighted by molar-refractivity contribution is 7.89. The van der Waals surface area contributed by atoms with Crippen LogP contribution >= 0.6 is 0 Å². The van der Waals surface area contributed by atoms with E-state index in [0.717, 1.165) is 36.1 Å². The number of ketones is 1. The molecule has 1 heterocycles. The molecule has 4 rings (SSSR count). The van der Waals surface area contributed by atoms with Gasteiger partial charge >= 0.3 is 0 Å². The summed E-state index contributed by atoms with van der Waals surface area (Å²) in [6, 6.07) is 12.4. The number of nitrogens with zero attached hydrogens (tertiary/aromatic N) is 2. The number of carbonyl (C=O) groups excluding carboxylic acids is 2. The third kappa shape index (κ3) is 3.61. The summed E-state index contributed by atoms with van der Waals surface area (Å²) in [5, 5.41) is 3.37. The molecule has 1 N–H and O–H groups in total. The van der Waals surface area contributed by atoms with Gasteiger partial charge in [-0.2, -0.15) is 0 Å². The minimum absolute atomic E-state index is 0.0291. The molecule has 2 aliphatic rings. The summed E-state index contributed by atoms with van der Waals surface area (Å²) in [5.41, 5.74) is 2.31. The number of anilines is 2. The molecule has 0 saturated heterocycles. The second-order valence-electron chi connectivity index (χ2n) is 9.02. The average molecular weight is 456 g/mol. The van der Waals surface area contributed by atoms with Crippen LogP contribution in [-0.4, -0.2) is 50.6 Å². The molecule has 1 fully saturated rings. The average Bonchev–Trinajstić information content (AvgIpc) is 2.71. The van der Waals surface area contributed by atoms with Crippen molar-refractivity contribution in [2.45, 2.75) is 43.5 Å². The second kappa shape index (κ2) is 8.01. The van der Waals surface area contributed by atoms with Crippen LogP contribution in [0, 0.1) is 5.92 Å². The maximum absolute atomic E-state index is 13.2. The first-order valence-corrected chi connectivity index (χ1v) is 12.3. The summed E-state index contributed by atoms with van der Waals surface area (Å²) in [4.78, 5) is 27.7. The Bertz CT molecular complexity index is 1170. The topological polar surface area (TPSA) is 86.8 Å². The van der Waals surface area contributed by atoms with E-state index in [4.69, 9.17) is 0 Å². The predicted molar refractivity (Wildman–Crippen MR) is 125 cm³/mol. The number of rotatable bonds is 5. The fraction of sp³-hybridized carbons (Fsp3) is 0.417. The molecule has 1 saturated carbocycles. The first-order chi connectivity index (χ1) is 15.1. The van der Waals surface area contributed by atoms with Crippen molar-refractivity contribution < 1.29 is 18.0 Å². The summed E-state index contributed by atoms with van der Waals surface area (Å²) in [6.45, 7) is 3.71. The van der Waals surface area contributed by atoms with Gasteiger partial charge in [0.25, 0.3) is 0 Å².